The molecule has 4 aliphatic rings. The number of aliphatic hydroxyl groups is 1. The minimum atomic E-state index is -4.93. The molecule has 240 valence electrons. The summed E-state index contributed by atoms with van der Waals surface area (Å²) >= 11 is 0. The Kier molecular flexibility index (Phi) is 12.9. The van der Waals surface area contributed by atoms with E-state index in [2.05, 4.69) is 27.7 Å². The molecule has 12 atom stereocenters. The summed E-state index contributed by atoms with van der Waals surface area (Å²) < 4.78 is 53.3. The maximum atomic E-state index is 12.6. The molecule has 12 unspecified atom stereocenters. The van der Waals surface area contributed by atoms with Crippen LogP contribution in [-0.2, 0) is 19.0 Å². The lowest BCUT2D eigenvalue weighted by molar-refractivity contribution is -0.209. The molecule has 0 saturated heterocycles. The lowest BCUT2D eigenvalue weighted by Gasteiger charge is -2.36. The van der Waals surface area contributed by atoms with Gasteiger partial charge in [-0.25, -0.2) is 4.79 Å². The Morgan fingerprint density at radius 3 is 1.85 bits per heavy atom. The highest BCUT2D eigenvalue weighted by molar-refractivity contribution is 5.75. The number of hydrogen-bond acceptors (Lipinski definition) is 5. The Morgan fingerprint density at radius 2 is 1.37 bits per heavy atom. The quantitative estimate of drug-likeness (QED) is 0.176. The number of esters is 1. The second-order valence-corrected chi connectivity index (χ2v) is 14.1. The smallest absolute Gasteiger partial charge is 0.455 e. The van der Waals surface area contributed by atoms with E-state index in [1.54, 1.807) is 7.11 Å². The highest BCUT2D eigenvalue weighted by Crippen LogP contribution is 2.57. The van der Waals surface area contributed by atoms with Crippen LogP contribution in [0.3, 0.4) is 0 Å². The summed E-state index contributed by atoms with van der Waals surface area (Å²) in [6, 6.07) is 0. The molecule has 4 saturated carbocycles. The van der Waals surface area contributed by atoms with Crippen LogP contribution in [0.5, 0.6) is 0 Å². The molecule has 0 aromatic heterocycles. The third-order valence-corrected chi connectivity index (χ3v) is 11.5. The minimum Gasteiger partial charge on any atom is -0.455 e. The number of methoxy groups -OCH3 is 1. The third-order valence-electron chi connectivity index (χ3n) is 11.5. The van der Waals surface area contributed by atoms with Crippen molar-refractivity contribution in [2.45, 2.75) is 124 Å². The number of carbonyl (C=O) groups excluding carboxylic acids is 1. The van der Waals surface area contributed by atoms with Crippen LogP contribution in [0.25, 0.3) is 0 Å². The van der Waals surface area contributed by atoms with Gasteiger partial charge in [-0.05, 0) is 131 Å². The summed E-state index contributed by atoms with van der Waals surface area (Å²) in [7, 11) is 1.75. The van der Waals surface area contributed by atoms with Crippen LogP contribution >= 0.6 is 0 Å². The summed E-state index contributed by atoms with van der Waals surface area (Å²) in [5.41, 5.74) is 0. The summed E-state index contributed by atoms with van der Waals surface area (Å²) in [5, 5.41) is 10.3. The van der Waals surface area contributed by atoms with E-state index in [-0.39, 0.29) is 18.1 Å². The Morgan fingerprint density at radius 1 is 0.805 bits per heavy atom. The van der Waals surface area contributed by atoms with Gasteiger partial charge in [-0.3, -0.25) is 0 Å². The van der Waals surface area contributed by atoms with E-state index in [9.17, 15) is 23.1 Å². The van der Waals surface area contributed by atoms with Crippen LogP contribution in [0, 0.1) is 59.2 Å². The van der Waals surface area contributed by atoms with E-state index in [1.165, 1.54) is 12.8 Å². The molecule has 8 heteroatoms. The molecule has 0 aromatic rings. The maximum absolute atomic E-state index is 12.6. The predicted octanol–water partition coefficient (Wildman–Crippen LogP) is 7.69. The van der Waals surface area contributed by atoms with Crippen molar-refractivity contribution in [3.05, 3.63) is 0 Å². The van der Waals surface area contributed by atoms with Gasteiger partial charge in [-0.2, -0.15) is 13.2 Å². The van der Waals surface area contributed by atoms with Gasteiger partial charge in [-0.1, -0.05) is 27.7 Å². The fourth-order valence-electron chi connectivity index (χ4n) is 8.85. The first-order valence-electron chi connectivity index (χ1n) is 16.3. The van der Waals surface area contributed by atoms with E-state index < -0.39 is 18.2 Å². The van der Waals surface area contributed by atoms with Gasteiger partial charge in [0.25, 0.3) is 0 Å². The SMILES string of the molecule is CC(C)OCCCC(OC(=O)C(F)(F)F)C1CC2CC1C(C)C2C.COCCCCC(O)C1CC2CC1C(C)C2C. The van der Waals surface area contributed by atoms with Crippen molar-refractivity contribution < 1.29 is 37.3 Å². The van der Waals surface area contributed by atoms with Crippen LogP contribution in [0.2, 0.25) is 0 Å². The summed E-state index contributed by atoms with van der Waals surface area (Å²) in [6.07, 6.45) is 3.22. The predicted molar refractivity (Wildman–Crippen MR) is 154 cm³/mol. The maximum Gasteiger partial charge on any atom is 0.490 e. The molecule has 1 N–H and O–H groups in total. The van der Waals surface area contributed by atoms with Crippen molar-refractivity contribution in [2.24, 2.45) is 59.2 Å². The highest BCUT2D eigenvalue weighted by atomic mass is 19.4. The normalized spacial score (nSPS) is 37.3. The standard InChI is InChI=1S/C18H29F3O3.C15H28O2/c1-10(2)23-7-5-6-16(24-17(22)18(19,20)21)15-9-13-8-14(15)12(4)11(13)3;1-10-11(2)13-8-12(10)9-14(13)15(16)6-4-5-7-17-3/h10-16H,5-9H2,1-4H3;10-16H,4-9H2,1-3H3. The molecule has 0 aromatic carbocycles. The molecule has 4 fully saturated rings. The molecule has 4 aliphatic carbocycles. The fraction of sp³-hybridized carbons (Fsp3) is 0.970. The van der Waals surface area contributed by atoms with Gasteiger partial charge in [0.1, 0.15) is 6.10 Å². The second-order valence-electron chi connectivity index (χ2n) is 14.1. The van der Waals surface area contributed by atoms with E-state index in [1.807, 2.05) is 13.8 Å². The number of ether oxygens (including phenoxy) is 3. The first-order chi connectivity index (χ1) is 19.3. The number of unbranched alkanes of at least 4 members (excludes halogenated alkanes) is 1. The Balaban J connectivity index is 0.000000239. The van der Waals surface area contributed by atoms with Gasteiger partial charge in [0.05, 0.1) is 12.2 Å². The number of hydrogen-bond donors (Lipinski definition) is 1. The zero-order valence-electron chi connectivity index (χ0n) is 26.5. The van der Waals surface area contributed by atoms with Crippen molar-refractivity contribution in [3.63, 3.8) is 0 Å². The highest BCUT2D eigenvalue weighted by Gasteiger charge is 2.53. The molecule has 0 amide bonds. The van der Waals surface area contributed by atoms with E-state index in [0.29, 0.717) is 49.0 Å². The molecular weight excluding hydrogens is 533 g/mol. The summed E-state index contributed by atoms with van der Waals surface area (Å²) in [4.78, 5) is 11.3. The largest absolute Gasteiger partial charge is 0.490 e. The van der Waals surface area contributed by atoms with Crippen LogP contribution in [0.15, 0.2) is 0 Å². The van der Waals surface area contributed by atoms with Crippen LogP contribution in [0.4, 0.5) is 13.2 Å². The first kappa shape index (κ1) is 34.6. The molecular formula is C33H57F3O5. The monoisotopic (exact) mass is 590 g/mol. The number of carbonyl (C=O) groups is 1. The summed E-state index contributed by atoms with van der Waals surface area (Å²) in [6.45, 7) is 14.3. The third kappa shape index (κ3) is 8.84. The second kappa shape index (κ2) is 15.2. The number of halogens is 3. The zero-order chi connectivity index (χ0) is 30.5. The van der Waals surface area contributed by atoms with Gasteiger partial charge in [0.15, 0.2) is 0 Å². The number of alkyl halides is 3. The first-order valence-corrected chi connectivity index (χ1v) is 16.3. The number of aliphatic hydroxyl groups excluding tert-OH is 1. The summed E-state index contributed by atoms with van der Waals surface area (Å²) in [5.74, 6) is 3.99. The van der Waals surface area contributed by atoms with Gasteiger partial charge < -0.3 is 19.3 Å². The van der Waals surface area contributed by atoms with Crippen molar-refractivity contribution in [1.29, 1.82) is 0 Å². The van der Waals surface area contributed by atoms with Gasteiger partial charge >= 0.3 is 12.1 Å². The molecule has 0 heterocycles. The molecule has 5 nitrogen and oxygen atoms in total. The number of rotatable bonds is 13. The Labute approximate surface area is 246 Å². The lowest BCUT2D eigenvalue weighted by atomic mass is 9.73. The van der Waals surface area contributed by atoms with Gasteiger partial charge in [0, 0.05) is 20.3 Å². The average Bonchev–Trinajstić information content (AvgIpc) is 3.66. The molecule has 0 aliphatic heterocycles. The molecule has 4 rings (SSSR count). The van der Waals surface area contributed by atoms with Crippen LogP contribution in [-0.4, -0.2) is 55.9 Å². The Bertz CT molecular complexity index is 800. The zero-order valence-corrected chi connectivity index (χ0v) is 26.5. The van der Waals surface area contributed by atoms with Gasteiger partial charge in [0.2, 0.25) is 0 Å². The van der Waals surface area contributed by atoms with Crippen molar-refractivity contribution >= 4 is 5.97 Å². The minimum absolute atomic E-state index is 0.0477. The van der Waals surface area contributed by atoms with Crippen molar-refractivity contribution in [1.82, 2.24) is 0 Å². The molecule has 4 bridgehead atoms. The molecule has 41 heavy (non-hydrogen) atoms. The lowest BCUT2D eigenvalue weighted by Crippen LogP contribution is -2.38. The molecule has 0 radical (unpaired) electrons. The van der Waals surface area contributed by atoms with E-state index >= 15 is 0 Å². The van der Waals surface area contributed by atoms with Crippen molar-refractivity contribution in [2.75, 3.05) is 20.3 Å². The van der Waals surface area contributed by atoms with Crippen LogP contribution < -0.4 is 0 Å². The van der Waals surface area contributed by atoms with Crippen molar-refractivity contribution in [3.8, 4) is 0 Å². The topological polar surface area (TPSA) is 65.0 Å². The van der Waals surface area contributed by atoms with Gasteiger partial charge in [-0.15, -0.1) is 0 Å². The number of fused-ring (bicyclic) bond motifs is 4. The van der Waals surface area contributed by atoms with E-state index in [4.69, 9.17) is 14.2 Å². The van der Waals surface area contributed by atoms with E-state index in [0.717, 1.165) is 62.4 Å². The molecule has 0 spiro atoms. The Hall–Kier alpha value is -0.860. The van der Waals surface area contributed by atoms with Crippen LogP contribution in [0.1, 0.15) is 99.3 Å². The average molecular weight is 591 g/mol. The fourth-order valence-corrected chi connectivity index (χ4v) is 8.85.